The van der Waals surface area contributed by atoms with Crippen molar-refractivity contribution in [2.24, 2.45) is 0 Å². The zero-order valence-electron chi connectivity index (χ0n) is 15.5. The summed E-state index contributed by atoms with van der Waals surface area (Å²) in [6.45, 7) is 2.57. The Kier molecular flexibility index (Phi) is 7.23. The van der Waals surface area contributed by atoms with Gasteiger partial charge in [0.25, 0.3) is 5.56 Å². The van der Waals surface area contributed by atoms with Gasteiger partial charge in [-0.05, 0) is 19.4 Å². The number of hydrogen-bond acceptors (Lipinski definition) is 5. The van der Waals surface area contributed by atoms with Gasteiger partial charge in [0.2, 0.25) is 0 Å². The maximum atomic E-state index is 14.3. The molecule has 1 aromatic heterocycles. The number of rotatable bonds is 7. The van der Waals surface area contributed by atoms with Crippen LogP contribution in [-0.4, -0.2) is 29.0 Å². The highest BCUT2D eigenvalue weighted by molar-refractivity contribution is 6.32. The van der Waals surface area contributed by atoms with Gasteiger partial charge in [-0.3, -0.25) is 4.79 Å². The van der Waals surface area contributed by atoms with Crippen LogP contribution in [0.3, 0.4) is 0 Å². The van der Waals surface area contributed by atoms with E-state index in [1.54, 1.807) is 0 Å². The number of carbonyl (C=O) groups excluding carboxylic acids is 1. The molecule has 11 heteroatoms. The van der Waals surface area contributed by atoms with E-state index < -0.39 is 46.9 Å². The molecule has 0 spiro atoms. The lowest BCUT2D eigenvalue weighted by molar-refractivity contribution is -0.146. The second-order valence-corrected chi connectivity index (χ2v) is 6.40. The SMILES string of the molecule is CCCCOC(=O)COc1cc(-n2ncc(C(F)(F)F)c(C)c2=O)c(F)cc1Cl. The van der Waals surface area contributed by atoms with E-state index in [9.17, 15) is 27.2 Å². The van der Waals surface area contributed by atoms with Gasteiger partial charge < -0.3 is 9.47 Å². The van der Waals surface area contributed by atoms with E-state index >= 15 is 0 Å². The van der Waals surface area contributed by atoms with Crippen molar-refractivity contribution in [3.63, 3.8) is 0 Å². The minimum Gasteiger partial charge on any atom is -0.480 e. The van der Waals surface area contributed by atoms with Crippen molar-refractivity contribution < 1.29 is 31.8 Å². The topological polar surface area (TPSA) is 70.4 Å². The van der Waals surface area contributed by atoms with Crippen LogP contribution in [0.4, 0.5) is 17.6 Å². The number of benzene rings is 1. The van der Waals surface area contributed by atoms with E-state index in [-0.39, 0.29) is 17.4 Å². The summed E-state index contributed by atoms with van der Waals surface area (Å²) in [7, 11) is 0. The molecule has 0 saturated heterocycles. The Balaban J connectivity index is 2.33. The summed E-state index contributed by atoms with van der Waals surface area (Å²) in [6, 6.07) is 1.77. The molecule has 158 valence electrons. The highest BCUT2D eigenvalue weighted by Gasteiger charge is 2.34. The molecule has 0 aliphatic heterocycles. The van der Waals surface area contributed by atoms with Gasteiger partial charge in [0, 0.05) is 11.6 Å². The van der Waals surface area contributed by atoms with Gasteiger partial charge in [0.05, 0.1) is 23.4 Å². The number of nitrogens with zero attached hydrogens (tertiary/aromatic N) is 2. The molecule has 0 bridgehead atoms. The molecule has 0 radical (unpaired) electrons. The number of alkyl halides is 3. The monoisotopic (exact) mass is 436 g/mol. The summed E-state index contributed by atoms with van der Waals surface area (Å²) in [6.07, 6.45) is -2.85. The number of carbonyl (C=O) groups is 1. The number of esters is 1. The summed E-state index contributed by atoms with van der Waals surface area (Å²) in [5.74, 6) is -1.86. The fraction of sp³-hybridized carbons (Fsp3) is 0.389. The molecular formula is C18H17ClF4N2O4. The van der Waals surface area contributed by atoms with Crippen LogP contribution < -0.4 is 10.3 Å². The van der Waals surface area contributed by atoms with Crippen LogP contribution in [0, 0.1) is 12.7 Å². The van der Waals surface area contributed by atoms with Crippen molar-refractivity contribution in [1.29, 1.82) is 0 Å². The molecular weight excluding hydrogens is 420 g/mol. The van der Waals surface area contributed by atoms with E-state index in [1.165, 1.54) is 0 Å². The normalized spacial score (nSPS) is 11.4. The average Bonchev–Trinajstić information content (AvgIpc) is 2.63. The molecule has 2 aromatic rings. The largest absolute Gasteiger partial charge is 0.480 e. The Morgan fingerprint density at radius 3 is 2.62 bits per heavy atom. The Bertz CT molecular complexity index is 960. The Labute approximate surface area is 168 Å². The minimum absolute atomic E-state index is 0.165. The third-order valence-electron chi connectivity index (χ3n) is 3.86. The number of aromatic nitrogens is 2. The maximum Gasteiger partial charge on any atom is 0.418 e. The van der Waals surface area contributed by atoms with Crippen molar-refractivity contribution in [3.8, 4) is 11.4 Å². The first-order valence-electron chi connectivity index (χ1n) is 8.50. The lowest BCUT2D eigenvalue weighted by Gasteiger charge is -2.14. The van der Waals surface area contributed by atoms with Gasteiger partial charge in [0.15, 0.2) is 12.4 Å². The number of unbranched alkanes of at least 4 members (excludes halogenated alkanes) is 1. The molecule has 0 amide bonds. The van der Waals surface area contributed by atoms with Crippen LogP contribution in [0.5, 0.6) is 5.75 Å². The molecule has 0 N–H and O–H groups in total. The quantitative estimate of drug-likeness (QED) is 0.372. The number of halogens is 5. The zero-order chi connectivity index (χ0) is 21.8. The maximum absolute atomic E-state index is 14.3. The van der Waals surface area contributed by atoms with Gasteiger partial charge in [-0.1, -0.05) is 24.9 Å². The van der Waals surface area contributed by atoms with Crippen LogP contribution in [0.1, 0.15) is 30.9 Å². The van der Waals surface area contributed by atoms with Crippen molar-refractivity contribution in [1.82, 2.24) is 9.78 Å². The second kappa shape index (κ2) is 9.25. The van der Waals surface area contributed by atoms with Crippen LogP contribution in [0.25, 0.3) is 5.69 Å². The minimum atomic E-state index is -4.78. The first-order chi connectivity index (χ1) is 13.6. The summed E-state index contributed by atoms with van der Waals surface area (Å²) >= 11 is 5.88. The molecule has 0 unspecified atom stereocenters. The number of hydrogen-bond donors (Lipinski definition) is 0. The van der Waals surface area contributed by atoms with E-state index in [2.05, 4.69) is 5.10 Å². The average molecular weight is 437 g/mol. The zero-order valence-corrected chi connectivity index (χ0v) is 16.2. The van der Waals surface area contributed by atoms with E-state index in [0.29, 0.717) is 17.3 Å². The third kappa shape index (κ3) is 5.47. The summed E-state index contributed by atoms with van der Waals surface area (Å²) in [5, 5.41) is 3.20. The van der Waals surface area contributed by atoms with Gasteiger partial charge in [0.1, 0.15) is 11.4 Å². The van der Waals surface area contributed by atoms with Gasteiger partial charge in [-0.15, -0.1) is 0 Å². The Morgan fingerprint density at radius 2 is 2.00 bits per heavy atom. The molecule has 0 saturated carbocycles. The molecule has 0 atom stereocenters. The third-order valence-corrected chi connectivity index (χ3v) is 4.16. The smallest absolute Gasteiger partial charge is 0.418 e. The summed E-state index contributed by atoms with van der Waals surface area (Å²) in [4.78, 5) is 23.9. The van der Waals surface area contributed by atoms with Crippen LogP contribution in [-0.2, 0) is 15.7 Å². The molecule has 0 aliphatic rings. The lowest BCUT2D eigenvalue weighted by atomic mass is 10.2. The van der Waals surface area contributed by atoms with Crippen molar-refractivity contribution >= 4 is 17.6 Å². The summed E-state index contributed by atoms with van der Waals surface area (Å²) in [5.41, 5.74) is -3.51. The van der Waals surface area contributed by atoms with Crippen LogP contribution in [0.2, 0.25) is 5.02 Å². The Hall–Kier alpha value is -2.62. The highest BCUT2D eigenvalue weighted by Crippen LogP contribution is 2.31. The van der Waals surface area contributed by atoms with Gasteiger partial charge in [-0.2, -0.15) is 23.0 Å². The fourth-order valence-corrected chi connectivity index (χ4v) is 2.50. The molecule has 1 heterocycles. The van der Waals surface area contributed by atoms with Crippen molar-refractivity contribution in [3.05, 3.63) is 50.7 Å². The molecule has 0 fully saturated rings. The molecule has 6 nitrogen and oxygen atoms in total. The molecule has 2 rings (SSSR count). The molecule has 1 aromatic carbocycles. The summed E-state index contributed by atoms with van der Waals surface area (Å²) < 4.78 is 63.6. The van der Waals surface area contributed by atoms with Gasteiger partial charge >= 0.3 is 12.1 Å². The standard InChI is InChI=1S/C18H17ClF4N2O4/c1-3-4-5-28-16(26)9-29-15-7-14(13(20)6-12(15)19)25-17(27)10(2)11(8-24-25)18(21,22)23/h6-8H,3-5,9H2,1-2H3. The molecule has 0 aliphatic carbocycles. The molecule has 29 heavy (non-hydrogen) atoms. The lowest BCUT2D eigenvalue weighted by Crippen LogP contribution is -2.28. The van der Waals surface area contributed by atoms with Gasteiger partial charge in [-0.25, -0.2) is 9.18 Å². The predicted molar refractivity (Wildman–Crippen MR) is 95.9 cm³/mol. The van der Waals surface area contributed by atoms with E-state index in [0.717, 1.165) is 25.5 Å². The van der Waals surface area contributed by atoms with Crippen molar-refractivity contribution in [2.75, 3.05) is 13.2 Å². The first kappa shape index (κ1) is 22.7. The van der Waals surface area contributed by atoms with Crippen molar-refractivity contribution in [2.45, 2.75) is 32.9 Å². The number of ether oxygens (including phenoxy) is 2. The fourth-order valence-electron chi connectivity index (χ4n) is 2.30. The Morgan fingerprint density at radius 1 is 1.31 bits per heavy atom. The first-order valence-corrected chi connectivity index (χ1v) is 8.88. The predicted octanol–water partition coefficient (Wildman–Crippen LogP) is 4.07. The van der Waals surface area contributed by atoms with Crippen LogP contribution >= 0.6 is 11.6 Å². The highest BCUT2D eigenvalue weighted by atomic mass is 35.5. The van der Waals surface area contributed by atoms with Crippen LogP contribution in [0.15, 0.2) is 23.1 Å². The van der Waals surface area contributed by atoms with E-state index in [1.807, 2.05) is 6.92 Å². The second-order valence-electron chi connectivity index (χ2n) is 5.99. The van der Waals surface area contributed by atoms with E-state index in [4.69, 9.17) is 21.1 Å².